The van der Waals surface area contributed by atoms with Gasteiger partial charge in [-0.05, 0) is 32.4 Å². The zero-order valence-corrected chi connectivity index (χ0v) is 15.3. The minimum atomic E-state index is -0.229. The average Bonchev–Trinajstić information content (AvgIpc) is 2.97. The third-order valence-corrected chi connectivity index (χ3v) is 5.24. The molecule has 1 amide bonds. The van der Waals surface area contributed by atoms with Crippen molar-refractivity contribution in [2.75, 3.05) is 17.2 Å². The van der Waals surface area contributed by atoms with Gasteiger partial charge in [0, 0.05) is 12.2 Å². The number of nitrogens with zero attached hydrogens (tertiary/aromatic N) is 2. The number of benzene rings is 1. The van der Waals surface area contributed by atoms with E-state index in [-0.39, 0.29) is 11.2 Å². The van der Waals surface area contributed by atoms with Crippen LogP contribution in [0.15, 0.2) is 28.6 Å². The van der Waals surface area contributed by atoms with E-state index in [0.29, 0.717) is 0 Å². The fraction of sp³-hybridized carbons (Fsp3) is 0.438. The van der Waals surface area contributed by atoms with Crippen LogP contribution in [-0.4, -0.2) is 27.9 Å². The smallest absolute Gasteiger partial charge is 0.237 e. The zero-order valence-electron chi connectivity index (χ0n) is 13.6. The van der Waals surface area contributed by atoms with E-state index in [1.165, 1.54) is 28.7 Å². The van der Waals surface area contributed by atoms with Crippen LogP contribution in [0.5, 0.6) is 0 Å². The summed E-state index contributed by atoms with van der Waals surface area (Å²) in [6.45, 7) is 6.95. The van der Waals surface area contributed by atoms with E-state index in [1.807, 2.05) is 38.1 Å². The molecular formula is C16H22N4OS2. The number of anilines is 2. The largest absolute Gasteiger partial charge is 0.360 e. The number of unbranched alkanes of at least 4 members (excludes halogenated alkanes) is 1. The summed E-state index contributed by atoms with van der Waals surface area (Å²) < 4.78 is 0.801. The molecule has 23 heavy (non-hydrogen) atoms. The van der Waals surface area contributed by atoms with E-state index < -0.39 is 0 Å². The lowest BCUT2D eigenvalue weighted by Gasteiger charge is -2.10. The van der Waals surface area contributed by atoms with Crippen molar-refractivity contribution in [3.8, 4) is 0 Å². The Morgan fingerprint density at radius 2 is 2.04 bits per heavy atom. The third-order valence-electron chi connectivity index (χ3n) is 3.18. The van der Waals surface area contributed by atoms with Gasteiger partial charge >= 0.3 is 0 Å². The lowest BCUT2D eigenvalue weighted by molar-refractivity contribution is -0.115. The molecule has 0 saturated heterocycles. The quantitative estimate of drug-likeness (QED) is 0.552. The van der Waals surface area contributed by atoms with Crippen molar-refractivity contribution in [1.82, 2.24) is 10.2 Å². The van der Waals surface area contributed by atoms with Crippen molar-refractivity contribution >= 4 is 39.8 Å². The van der Waals surface area contributed by atoms with Crippen LogP contribution < -0.4 is 10.6 Å². The predicted octanol–water partition coefficient (Wildman–Crippen LogP) is 4.18. The predicted molar refractivity (Wildman–Crippen MR) is 98.4 cm³/mol. The second-order valence-corrected chi connectivity index (χ2v) is 7.83. The Morgan fingerprint density at radius 1 is 1.30 bits per heavy atom. The number of nitrogens with one attached hydrogen (secondary N) is 2. The summed E-state index contributed by atoms with van der Waals surface area (Å²) in [5, 5.41) is 15.0. The standard InChI is InChI=1S/C16H22N4OS2/c1-4-5-10-17-15-19-20-16(23-15)22-12(3)14(21)18-13-8-6-11(2)7-9-13/h6-9,12H,4-5,10H2,1-3H3,(H,17,19)(H,18,21)/t12-/m0/s1. The molecule has 0 aliphatic heterocycles. The Bertz CT molecular complexity index is 627. The summed E-state index contributed by atoms with van der Waals surface area (Å²) in [4.78, 5) is 12.2. The van der Waals surface area contributed by atoms with Crippen molar-refractivity contribution in [3.63, 3.8) is 0 Å². The topological polar surface area (TPSA) is 66.9 Å². The first-order valence-corrected chi connectivity index (χ1v) is 9.39. The second kappa shape index (κ2) is 8.88. The normalized spacial score (nSPS) is 12.0. The van der Waals surface area contributed by atoms with Crippen molar-refractivity contribution in [1.29, 1.82) is 0 Å². The number of aryl methyl sites for hydroxylation is 1. The SMILES string of the molecule is CCCCNc1nnc(S[C@@H](C)C(=O)Nc2ccc(C)cc2)s1. The van der Waals surface area contributed by atoms with Gasteiger partial charge in [0.2, 0.25) is 11.0 Å². The molecule has 0 aliphatic rings. The molecule has 5 nitrogen and oxygen atoms in total. The van der Waals surface area contributed by atoms with Crippen LogP contribution in [0.2, 0.25) is 0 Å². The molecule has 1 heterocycles. The van der Waals surface area contributed by atoms with Gasteiger partial charge in [0.25, 0.3) is 0 Å². The van der Waals surface area contributed by atoms with E-state index in [2.05, 4.69) is 27.8 Å². The molecule has 0 saturated carbocycles. The van der Waals surface area contributed by atoms with Crippen LogP contribution in [0.4, 0.5) is 10.8 Å². The summed E-state index contributed by atoms with van der Waals surface area (Å²) in [5.74, 6) is -0.0328. The first kappa shape index (κ1) is 17.7. The van der Waals surface area contributed by atoms with Crippen LogP contribution in [-0.2, 0) is 4.79 Å². The monoisotopic (exact) mass is 350 g/mol. The maximum Gasteiger partial charge on any atom is 0.237 e. The average molecular weight is 351 g/mol. The highest BCUT2D eigenvalue weighted by Crippen LogP contribution is 2.29. The van der Waals surface area contributed by atoms with Crippen molar-refractivity contribution in [2.24, 2.45) is 0 Å². The van der Waals surface area contributed by atoms with Crippen LogP contribution >= 0.6 is 23.1 Å². The molecule has 2 aromatic rings. The first-order chi connectivity index (χ1) is 11.1. The Hall–Kier alpha value is -1.60. The molecule has 2 N–H and O–H groups in total. The summed E-state index contributed by atoms with van der Waals surface area (Å²) in [5.41, 5.74) is 1.98. The number of amides is 1. The van der Waals surface area contributed by atoms with Crippen molar-refractivity contribution in [3.05, 3.63) is 29.8 Å². The van der Waals surface area contributed by atoms with Gasteiger partial charge in [-0.15, -0.1) is 10.2 Å². The van der Waals surface area contributed by atoms with Crippen LogP contribution in [0.3, 0.4) is 0 Å². The molecule has 0 radical (unpaired) electrons. The molecule has 2 rings (SSSR count). The Morgan fingerprint density at radius 3 is 2.74 bits per heavy atom. The molecule has 0 spiro atoms. The Labute approximate surface area is 145 Å². The van der Waals surface area contributed by atoms with Gasteiger partial charge < -0.3 is 10.6 Å². The van der Waals surface area contributed by atoms with Gasteiger partial charge in [-0.25, -0.2) is 0 Å². The number of aromatic nitrogens is 2. The number of rotatable bonds is 8. The van der Waals surface area contributed by atoms with E-state index >= 15 is 0 Å². The number of carbonyl (C=O) groups excluding carboxylic acids is 1. The number of hydrogen-bond donors (Lipinski definition) is 2. The van der Waals surface area contributed by atoms with Gasteiger partial charge in [0.1, 0.15) is 0 Å². The number of carbonyl (C=O) groups is 1. The highest BCUT2D eigenvalue weighted by atomic mass is 32.2. The summed E-state index contributed by atoms with van der Waals surface area (Å²) in [6.07, 6.45) is 2.25. The van der Waals surface area contributed by atoms with Gasteiger partial charge in [-0.3, -0.25) is 4.79 Å². The molecule has 0 aliphatic carbocycles. The van der Waals surface area contributed by atoms with E-state index in [9.17, 15) is 4.79 Å². The molecule has 1 aromatic heterocycles. The first-order valence-electron chi connectivity index (χ1n) is 7.70. The van der Waals surface area contributed by atoms with E-state index in [1.54, 1.807) is 0 Å². The maximum absolute atomic E-state index is 12.2. The molecule has 0 unspecified atom stereocenters. The number of hydrogen-bond acceptors (Lipinski definition) is 6. The summed E-state index contributed by atoms with van der Waals surface area (Å²) in [6, 6.07) is 7.77. The molecule has 7 heteroatoms. The van der Waals surface area contributed by atoms with Gasteiger partial charge in [-0.2, -0.15) is 0 Å². The Balaban J connectivity index is 1.84. The van der Waals surface area contributed by atoms with E-state index in [0.717, 1.165) is 34.5 Å². The molecule has 0 bridgehead atoms. The van der Waals surface area contributed by atoms with Crippen LogP contribution in [0.1, 0.15) is 32.3 Å². The Kier molecular flexibility index (Phi) is 6.85. The zero-order chi connectivity index (χ0) is 16.7. The number of thioether (sulfide) groups is 1. The highest BCUT2D eigenvalue weighted by molar-refractivity contribution is 8.02. The lowest BCUT2D eigenvalue weighted by atomic mass is 10.2. The molecule has 1 aromatic carbocycles. The minimum Gasteiger partial charge on any atom is -0.360 e. The van der Waals surface area contributed by atoms with Gasteiger partial charge in [0.15, 0.2) is 4.34 Å². The van der Waals surface area contributed by atoms with Crippen molar-refractivity contribution in [2.45, 2.75) is 43.2 Å². The maximum atomic E-state index is 12.2. The second-order valence-electron chi connectivity index (χ2n) is 5.27. The van der Waals surface area contributed by atoms with Gasteiger partial charge in [-0.1, -0.05) is 54.1 Å². The summed E-state index contributed by atoms with van der Waals surface area (Å²) >= 11 is 2.91. The molecule has 124 valence electrons. The summed E-state index contributed by atoms with van der Waals surface area (Å²) in [7, 11) is 0. The molecule has 0 fully saturated rings. The third kappa shape index (κ3) is 5.84. The highest BCUT2D eigenvalue weighted by Gasteiger charge is 2.17. The molecule has 1 atom stereocenters. The van der Waals surface area contributed by atoms with Crippen LogP contribution in [0, 0.1) is 6.92 Å². The van der Waals surface area contributed by atoms with Crippen LogP contribution in [0.25, 0.3) is 0 Å². The van der Waals surface area contributed by atoms with Gasteiger partial charge in [0.05, 0.1) is 5.25 Å². The van der Waals surface area contributed by atoms with E-state index in [4.69, 9.17) is 0 Å². The minimum absolute atomic E-state index is 0.0328. The fourth-order valence-electron chi connectivity index (χ4n) is 1.79. The fourth-order valence-corrected chi connectivity index (χ4v) is 3.71. The molecular weight excluding hydrogens is 328 g/mol. The lowest BCUT2D eigenvalue weighted by Crippen LogP contribution is -2.22. The van der Waals surface area contributed by atoms with Crippen molar-refractivity contribution < 1.29 is 4.79 Å².